The second-order valence-electron chi connectivity index (χ2n) is 4.91. The third-order valence-electron chi connectivity index (χ3n) is 3.33. The van der Waals surface area contributed by atoms with Crippen LogP contribution in [0.4, 0.5) is 5.69 Å². The molecule has 120 valence electrons. The summed E-state index contributed by atoms with van der Waals surface area (Å²) in [6, 6.07) is 7.65. The van der Waals surface area contributed by atoms with E-state index in [9.17, 15) is 4.79 Å². The average molecular weight is 306 g/mol. The summed E-state index contributed by atoms with van der Waals surface area (Å²) in [5, 5.41) is 3.01. The number of rotatable bonds is 5. The number of nitrogens with two attached hydrogens (primary N) is 1. The lowest BCUT2D eigenvalue weighted by Gasteiger charge is -2.26. The number of nitrogens with zero attached hydrogens (tertiary/aromatic N) is 2. The highest BCUT2D eigenvalue weighted by molar-refractivity contribution is 5.94. The van der Waals surface area contributed by atoms with E-state index < -0.39 is 0 Å². The Hall–Kier alpha value is -2.12. The summed E-state index contributed by atoms with van der Waals surface area (Å²) in [5.74, 6) is 0.170. The molecule has 1 aromatic carbocycles. The number of methoxy groups -OCH3 is 1. The number of hydrogen-bond acceptors (Lipinski definition) is 4. The van der Waals surface area contributed by atoms with Crippen molar-refractivity contribution in [2.24, 2.45) is 10.7 Å². The third kappa shape index (κ3) is 4.71. The monoisotopic (exact) mass is 306 g/mol. The summed E-state index contributed by atoms with van der Waals surface area (Å²) < 4.78 is 10.3. The Morgan fingerprint density at radius 2 is 2.14 bits per heavy atom. The summed E-state index contributed by atoms with van der Waals surface area (Å²) in [5.41, 5.74) is 7.65. The van der Waals surface area contributed by atoms with E-state index in [-0.39, 0.29) is 18.4 Å². The van der Waals surface area contributed by atoms with Crippen LogP contribution < -0.4 is 11.1 Å². The van der Waals surface area contributed by atoms with Crippen LogP contribution in [-0.2, 0) is 20.9 Å². The number of para-hydroxylation sites is 1. The van der Waals surface area contributed by atoms with Crippen LogP contribution in [0.15, 0.2) is 29.3 Å². The molecule has 22 heavy (non-hydrogen) atoms. The van der Waals surface area contributed by atoms with Gasteiger partial charge in [-0.25, -0.2) is 4.99 Å². The Kier molecular flexibility index (Phi) is 6.17. The highest BCUT2D eigenvalue weighted by Crippen LogP contribution is 2.15. The zero-order valence-corrected chi connectivity index (χ0v) is 12.7. The molecule has 0 unspecified atom stereocenters. The Balaban J connectivity index is 1.91. The second kappa shape index (κ2) is 8.35. The van der Waals surface area contributed by atoms with Gasteiger partial charge in [0, 0.05) is 31.5 Å². The highest BCUT2D eigenvalue weighted by Gasteiger charge is 2.16. The molecule has 1 aliphatic heterocycles. The molecule has 1 amide bonds. The lowest BCUT2D eigenvalue weighted by molar-refractivity contribution is -0.133. The number of morpholine rings is 1. The van der Waals surface area contributed by atoms with Crippen LogP contribution in [0.3, 0.4) is 0 Å². The van der Waals surface area contributed by atoms with Crippen LogP contribution in [-0.4, -0.2) is 56.7 Å². The van der Waals surface area contributed by atoms with Crippen LogP contribution in [0.25, 0.3) is 0 Å². The fourth-order valence-electron chi connectivity index (χ4n) is 2.17. The molecular weight excluding hydrogens is 284 g/mol. The van der Waals surface area contributed by atoms with Crippen LogP contribution in [0.5, 0.6) is 0 Å². The summed E-state index contributed by atoms with van der Waals surface area (Å²) in [6.07, 6.45) is 0. The van der Waals surface area contributed by atoms with Gasteiger partial charge in [-0.15, -0.1) is 0 Å². The first kappa shape index (κ1) is 16.3. The summed E-state index contributed by atoms with van der Waals surface area (Å²) in [6.45, 7) is 2.88. The first-order valence-corrected chi connectivity index (χ1v) is 7.20. The SMILES string of the molecule is COCc1ccccc1NC(N)=NCC(=O)N1CCOCC1. The molecule has 1 aliphatic rings. The predicted octanol–water partition coefficient (Wildman–Crippen LogP) is 0.418. The zero-order valence-electron chi connectivity index (χ0n) is 12.7. The van der Waals surface area contributed by atoms with Crippen molar-refractivity contribution in [1.82, 2.24) is 4.90 Å². The zero-order chi connectivity index (χ0) is 15.8. The number of anilines is 1. The predicted molar refractivity (Wildman–Crippen MR) is 84.7 cm³/mol. The third-order valence-corrected chi connectivity index (χ3v) is 3.33. The van der Waals surface area contributed by atoms with Gasteiger partial charge in [0.05, 0.1) is 19.8 Å². The smallest absolute Gasteiger partial charge is 0.244 e. The molecule has 0 spiro atoms. The Bertz CT molecular complexity index is 527. The lowest BCUT2D eigenvalue weighted by Crippen LogP contribution is -2.42. The molecule has 1 fully saturated rings. The standard InChI is InChI=1S/C15H22N4O3/c1-21-11-12-4-2-3-5-13(12)18-15(16)17-10-14(20)19-6-8-22-9-7-19/h2-5H,6-11H2,1H3,(H3,16,17,18). The van der Waals surface area contributed by atoms with Gasteiger partial charge in [0.15, 0.2) is 5.96 Å². The number of guanidine groups is 1. The van der Waals surface area contributed by atoms with Crippen LogP contribution in [0.2, 0.25) is 0 Å². The molecular formula is C15H22N4O3. The van der Waals surface area contributed by atoms with Crippen molar-refractivity contribution in [2.75, 3.05) is 45.3 Å². The lowest BCUT2D eigenvalue weighted by atomic mass is 10.2. The van der Waals surface area contributed by atoms with E-state index in [0.717, 1.165) is 11.3 Å². The van der Waals surface area contributed by atoms with Crippen molar-refractivity contribution in [3.63, 3.8) is 0 Å². The Morgan fingerprint density at radius 3 is 2.86 bits per heavy atom. The van der Waals surface area contributed by atoms with E-state index in [1.54, 1.807) is 12.0 Å². The van der Waals surface area contributed by atoms with Crippen molar-refractivity contribution in [1.29, 1.82) is 0 Å². The summed E-state index contributed by atoms with van der Waals surface area (Å²) in [4.78, 5) is 17.8. The largest absolute Gasteiger partial charge is 0.380 e. The fourth-order valence-corrected chi connectivity index (χ4v) is 2.17. The molecule has 1 saturated heterocycles. The second-order valence-corrected chi connectivity index (χ2v) is 4.91. The quantitative estimate of drug-likeness (QED) is 0.608. The number of aliphatic imine (C=N–C) groups is 1. The van der Waals surface area contributed by atoms with Gasteiger partial charge < -0.3 is 25.4 Å². The van der Waals surface area contributed by atoms with Gasteiger partial charge in [0.25, 0.3) is 0 Å². The number of benzene rings is 1. The van der Waals surface area contributed by atoms with Gasteiger partial charge in [0.2, 0.25) is 5.91 Å². The van der Waals surface area contributed by atoms with Crippen molar-refractivity contribution in [3.8, 4) is 0 Å². The van der Waals surface area contributed by atoms with Gasteiger partial charge in [0.1, 0.15) is 6.54 Å². The number of hydrogen-bond donors (Lipinski definition) is 2. The summed E-state index contributed by atoms with van der Waals surface area (Å²) >= 11 is 0. The normalized spacial score (nSPS) is 15.7. The maximum atomic E-state index is 12.0. The van der Waals surface area contributed by atoms with E-state index in [1.165, 1.54) is 0 Å². The van der Waals surface area contributed by atoms with Crippen molar-refractivity contribution < 1.29 is 14.3 Å². The van der Waals surface area contributed by atoms with Gasteiger partial charge in [-0.3, -0.25) is 4.79 Å². The summed E-state index contributed by atoms with van der Waals surface area (Å²) in [7, 11) is 1.63. The molecule has 1 heterocycles. The number of nitrogens with one attached hydrogen (secondary N) is 1. The molecule has 3 N–H and O–H groups in total. The fraction of sp³-hybridized carbons (Fsp3) is 0.467. The first-order valence-electron chi connectivity index (χ1n) is 7.20. The minimum atomic E-state index is -0.0433. The first-order chi connectivity index (χ1) is 10.7. The van der Waals surface area contributed by atoms with E-state index in [1.807, 2.05) is 24.3 Å². The highest BCUT2D eigenvalue weighted by atomic mass is 16.5. The average Bonchev–Trinajstić information content (AvgIpc) is 2.55. The molecule has 0 radical (unpaired) electrons. The Labute approximate surface area is 130 Å². The number of carbonyl (C=O) groups excluding carboxylic acids is 1. The Morgan fingerprint density at radius 1 is 1.41 bits per heavy atom. The molecule has 7 heteroatoms. The molecule has 1 aromatic rings. The van der Waals surface area contributed by atoms with E-state index >= 15 is 0 Å². The molecule has 0 aromatic heterocycles. The van der Waals surface area contributed by atoms with Crippen LogP contribution >= 0.6 is 0 Å². The van der Waals surface area contributed by atoms with E-state index in [4.69, 9.17) is 15.2 Å². The molecule has 0 bridgehead atoms. The van der Waals surface area contributed by atoms with Crippen molar-refractivity contribution >= 4 is 17.6 Å². The molecule has 7 nitrogen and oxygen atoms in total. The van der Waals surface area contributed by atoms with Crippen molar-refractivity contribution in [3.05, 3.63) is 29.8 Å². The van der Waals surface area contributed by atoms with Gasteiger partial charge in [-0.2, -0.15) is 0 Å². The van der Waals surface area contributed by atoms with Crippen LogP contribution in [0.1, 0.15) is 5.56 Å². The molecule has 2 rings (SSSR count). The maximum Gasteiger partial charge on any atom is 0.244 e. The van der Waals surface area contributed by atoms with E-state index in [0.29, 0.717) is 32.9 Å². The van der Waals surface area contributed by atoms with Gasteiger partial charge in [-0.1, -0.05) is 18.2 Å². The van der Waals surface area contributed by atoms with E-state index in [2.05, 4.69) is 10.3 Å². The van der Waals surface area contributed by atoms with Crippen LogP contribution in [0, 0.1) is 0 Å². The number of carbonyl (C=O) groups is 1. The van der Waals surface area contributed by atoms with Gasteiger partial charge in [-0.05, 0) is 6.07 Å². The minimum Gasteiger partial charge on any atom is -0.380 e. The number of ether oxygens (including phenoxy) is 2. The molecule has 0 atom stereocenters. The number of amides is 1. The minimum absolute atomic E-state index is 0.0330. The van der Waals surface area contributed by atoms with Crippen molar-refractivity contribution in [2.45, 2.75) is 6.61 Å². The topological polar surface area (TPSA) is 89.2 Å². The maximum absolute atomic E-state index is 12.0. The molecule has 0 saturated carbocycles. The van der Waals surface area contributed by atoms with Gasteiger partial charge >= 0.3 is 0 Å². The molecule has 0 aliphatic carbocycles.